The summed E-state index contributed by atoms with van der Waals surface area (Å²) in [5.41, 5.74) is 0.920. The smallest absolute Gasteiger partial charge is 0.271 e. The van der Waals surface area contributed by atoms with E-state index in [4.69, 9.17) is 11.6 Å². The first kappa shape index (κ1) is 17.5. The summed E-state index contributed by atoms with van der Waals surface area (Å²) in [4.78, 5) is 24.6. The Bertz CT molecular complexity index is 602. The van der Waals surface area contributed by atoms with Crippen molar-refractivity contribution in [3.63, 3.8) is 0 Å². The van der Waals surface area contributed by atoms with E-state index in [0.29, 0.717) is 22.8 Å². The number of carbonyl (C=O) groups is 1. The Balaban J connectivity index is 2.22. The monoisotopic (exact) mass is 339 g/mol. The minimum absolute atomic E-state index is 0.0296. The fraction of sp³-hybridized carbons (Fsp3) is 0.562. The summed E-state index contributed by atoms with van der Waals surface area (Å²) in [7, 11) is 3.54. The van der Waals surface area contributed by atoms with E-state index in [1.807, 2.05) is 0 Å². The Kier molecular flexibility index (Phi) is 5.14. The van der Waals surface area contributed by atoms with Crippen LogP contribution in [0.2, 0.25) is 5.02 Å². The molecular weight excluding hydrogens is 318 g/mol. The fourth-order valence-electron chi connectivity index (χ4n) is 3.31. The lowest BCUT2D eigenvalue weighted by atomic mass is 9.84. The predicted octanol–water partition coefficient (Wildman–Crippen LogP) is 3.62. The number of anilines is 1. The van der Waals surface area contributed by atoms with Crippen molar-refractivity contribution in [2.75, 3.05) is 26.0 Å². The number of carbonyl (C=O) groups excluding carboxylic acids is 1. The summed E-state index contributed by atoms with van der Waals surface area (Å²) in [6, 6.07) is 2.83. The molecule has 23 heavy (non-hydrogen) atoms. The zero-order chi connectivity index (χ0) is 17.2. The van der Waals surface area contributed by atoms with Gasteiger partial charge in [0, 0.05) is 32.8 Å². The third kappa shape index (κ3) is 3.58. The largest absolute Gasteiger partial charge is 0.383 e. The van der Waals surface area contributed by atoms with Gasteiger partial charge in [0.2, 0.25) is 5.91 Å². The molecule has 1 aromatic carbocycles. The molecule has 1 saturated carbocycles. The summed E-state index contributed by atoms with van der Waals surface area (Å²) in [5.74, 6) is 0.123. The summed E-state index contributed by atoms with van der Waals surface area (Å²) in [5, 5.41) is 14.4. The lowest BCUT2D eigenvalue weighted by Crippen LogP contribution is -2.43. The Labute approximate surface area is 141 Å². The number of non-ortho nitro benzene ring substituents is 1. The average molecular weight is 340 g/mol. The third-order valence-electron chi connectivity index (χ3n) is 4.51. The number of aryl methyl sites for hydroxylation is 1. The minimum Gasteiger partial charge on any atom is -0.383 e. The number of halogens is 1. The van der Waals surface area contributed by atoms with Gasteiger partial charge in [-0.1, -0.05) is 24.4 Å². The van der Waals surface area contributed by atoms with E-state index in [0.717, 1.165) is 25.7 Å². The van der Waals surface area contributed by atoms with Crippen LogP contribution in [-0.2, 0) is 4.79 Å². The van der Waals surface area contributed by atoms with Crippen molar-refractivity contribution in [1.29, 1.82) is 0 Å². The van der Waals surface area contributed by atoms with Crippen LogP contribution >= 0.6 is 11.6 Å². The van der Waals surface area contributed by atoms with Gasteiger partial charge in [0.25, 0.3) is 5.69 Å². The van der Waals surface area contributed by atoms with Gasteiger partial charge in [0.05, 0.1) is 21.0 Å². The summed E-state index contributed by atoms with van der Waals surface area (Å²) in [6.07, 6.45) is 3.77. The highest BCUT2D eigenvalue weighted by molar-refractivity contribution is 6.33. The van der Waals surface area contributed by atoms with Gasteiger partial charge in [-0.15, -0.1) is 0 Å². The van der Waals surface area contributed by atoms with Gasteiger partial charge in [-0.05, 0) is 25.3 Å². The molecular formula is C16H22ClN3O3. The van der Waals surface area contributed by atoms with Gasteiger partial charge >= 0.3 is 0 Å². The predicted molar refractivity (Wildman–Crippen MR) is 90.9 cm³/mol. The molecule has 6 nitrogen and oxygen atoms in total. The van der Waals surface area contributed by atoms with E-state index < -0.39 is 10.3 Å². The van der Waals surface area contributed by atoms with Crippen LogP contribution in [0.3, 0.4) is 0 Å². The molecule has 0 saturated heterocycles. The zero-order valence-electron chi connectivity index (χ0n) is 13.7. The van der Waals surface area contributed by atoms with Crippen molar-refractivity contribution >= 4 is 28.9 Å². The molecule has 0 radical (unpaired) electrons. The van der Waals surface area contributed by atoms with E-state index >= 15 is 0 Å². The van der Waals surface area contributed by atoms with Crippen molar-refractivity contribution in [2.24, 2.45) is 5.41 Å². The molecule has 0 spiro atoms. The molecule has 1 aromatic rings. The lowest BCUT2D eigenvalue weighted by Gasteiger charge is -2.31. The van der Waals surface area contributed by atoms with E-state index in [-0.39, 0.29) is 11.6 Å². The van der Waals surface area contributed by atoms with Crippen molar-refractivity contribution < 1.29 is 9.72 Å². The van der Waals surface area contributed by atoms with Crippen LogP contribution in [0.25, 0.3) is 0 Å². The highest BCUT2D eigenvalue weighted by Gasteiger charge is 2.42. The molecule has 1 aliphatic rings. The first-order chi connectivity index (χ1) is 10.8. The van der Waals surface area contributed by atoms with E-state index in [2.05, 4.69) is 5.32 Å². The normalized spacial score (nSPS) is 16.2. The van der Waals surface area contributed by atoms with Crippen LogP contribution in [0.4, 0.5) is 11.4 Å². The number of rotatable bonds is 5. The van der Waals surface area contributed by atoms with Gasteiger partial charge in [0.15, 0.2) is 0 Å². The van der Waals surface area contributed by atoms with Crippen LogP contribution in [-0.4, -0.2) is 36.4 Å². The zero-order valence-corrected chi connectivity index (χ0v) is 14.4. The summed E-state index contributed by atoms with van der Waals surface area (Å²) >= 11 is 6.19. The van der Waals surface area contributed by atoms with Crippen molar-refractivity contribution in [3.05, 3.63) is 32.8 Å². The molecule has 0 aromatic heterocycles. The molecule has 1 N–H and O–H groups in total. The maximum Gasteiger partial charge on any atom is 0.271 e. The van der Waals surface area contributed by atoms with Crippen molar-refractivity contribution in [3.8, 4) is 0 Å². The molecule has 2 rings (SSSR count). The quantitative estimate of drug-likeness (QED) is 0.656. The number of nitrogens with one attached hydrogen (secondary N) is 1. The number of nitro groups is 1. The van der Waals surface area contributed by atoms with E-state index in [1.54, 1.807) is 25.9 Å². The molecule has 7 heteroatoms. The Morgan fingerprint density at radius 2 is 2.00 bits per heavy atom. The molecule has 126 valence electrons. The number of benzene rings is 1. The first-order valence-corrected chi connectivity index (χ1v) is 8.05. The van der Waals surface area contributed by atoms with Gasteiger partial charge in [-0.3, -0.25) is 14.9 Å². The first-order valence-electron chi connectivity index (χ1n) is 7.67. The molecule has 0 heterocycles. The second-order valence-corrected chi connectivity index (χ2v) is 6.82. The summed E-state index contributed by atoms with van der Waals surface area (Å²) in [6.45, 7) is 2.26. The Hall–Kier alpha value is -1.82. The average Bonchev–Trinajstić information content (AvgIpc) is 2.95. The second kappa shape index (κ2) is 6.74. The number of amides is 1. The molecule has 0 atom stereocenters. The van der Waals surface area contributed by atoms with Gasteiger partial charge < -0.3 is 10.2 Å². The van der Waals surface area contributed by atoms with Crippen LogP contribution in [0.1, 0.15) is 31.2 Å². The van der Waals surface area contributed by atoms with Gasteiger partial charge in [-0.25, -0.2) is 0 Å². The minimum atomic E-state index is -0.462. The lowest BCUT2D eigenvalue weighted by molar-refractivity contribution is -0.384. The van der Waals surface area contributed by atoms with Crippen LogP contribution < -0.4 is 5.32 Å². The van der Waals surface area contributed by atoms with E-state index in [1.165, 1.54) is 12.1 Å². The second-order valence-electron chi connectivity index (χ2n) is 6.42. The van der Waals surface area contributed by atoms with Crippen molar-refractivity contribution in [2.45, 2.75) is 32.6 Å². The molecule has 1 amide bonds. The SMILES string of the molecule is Cc1cc([N+](=O)[O-])cc(Cl)c1NCC1(C(=O)N(C)C)CCCC1. The molecule has 0 bridgehead atoms. The maximum atomic E-state index is 12.6. The van der Waals surface area contributed by atoms with Crippen LogP contribution in [0.5, 0.6) is 0 Å². The molecule has 0 aliphatic heterocycles. The molecule has 1 fully saturated rings. The highest BCUT2D eigenvalue weighted by atomic mass is 35.5. The topological polar surface area (TPSA) is 75.5 Å². The highest BCUT2D eigenvalue weighted by Crippen LogP contribution is 2.40. The molecule has 0 unspecified atom stereocenters. The number of hydrogen-bond donors (Lipinski definition) is 1. The molecule has 1 aliphatic carbocycles. The standard InChI is InChI=1S/C16H22ClN3O3/c1-11-8-12(20(22)23)9-13(17)14(11)18-10-16(6-4-5-7-16)15(21)19(2)3/h8-9,18H,4-7,10H2,1-3H3. The number of nitrogens with zero attached hydrogens (tertiary/aromatic N) is 2. The maximum absolute atomic E-state index is 12.6. The van der Waals surface area contributed by atoms with E-state index in [9.17, 15) is 14.9 Å². The Morgan fingerprint density at radius 1 is 1.39 bits per heavy atom. The fourth-order valence-corrected chi connectivity index (χ4v) is 3.63. The van der Waals surface area contributed by atoms with Gasteiger partial charge in [0.1, 0.15) is 0 Å². The number of hydrogen-bond acceptors (Lipinski definition) is 4. The summed E-state index contributed by atoms with van der Waals surface area (Å²) < 4.78 is 0. The van der Waals surface area contributed by atoms with Crippen LogP contribution in [0.15, 0.2) is 12.1 Å². The number of nitro benzene ring substituents is 1. The third-order valence-corrected chi connectivity index (χ3v) is 4.81. The van der Waals surface area contributed by atoms with Crippen LogP contribution in [0, 0.1) is 22.5 Å². The van der Waals surface area contributed by atoms with Gasteiger partial charge in [-0.2, -0.15) is 0 Å². The van der Waals surface area contributed by atoms with Crippen molar-refractivity contribution in [1.82, 2.24) is 4.90 Å². The Morgan fingerprint density at radius 3 is 2.48 bits per heavy atom.